The van der Waals surface area contributed by atoms with Crippen LogP contribution in [0.25, 0.3) is 0 Å². The first kappa shape index (κ1) is 10.1. The van der Waals surface area contributed by atoms with Crippen molar-refractivity contribution in [3.8, 4) is 0 Å². The molecule has 6 heteroatoms. The number of thiophene rings is 1. The second-order valence-electron chi connectivity index (χ2n) is 3.01. The zero-order valence-corrected chi connectivity index (χ0v) is 10.1. The van der Waals surface area contributed by atoms with E-state index in [1.165, 1.54) is 11.9 Å². The highest BCUT2D eigenvalue weighted by molar-refractivity contribution is 8.00. The van der Waals surface area contributed by atoms with E-state index < -0.39 is 0 Å². The van der Waals surface area contributed by atoms with Crippen molar-refractivity contribution in [1.82, 2.24) is 4.72 Å². The zero-order valence-electron chi connectivity index (χ0n) is 7.70. The number of nitrogens with zero attached hydrogens (tertiary/aromatic N) is 1. The van der Waals surface area contributed by atoms with Gasteiger partial charge in [0.05, 0.1) is 11.1 Å². The van der Waals surface area contributed by atoms with E-state index in [0.717, 1.165) is 9.90 Å². The summed E-state index contributed by atoms with van der Waals surface area (Å²) < 4.78 is 9.53. The second-order valence-corrected chi connectivity index (χ2v) is 5.37. The maximum absolute atomic E-state index is 5.97. The molecule has 1 aliphatic heterocycles. The first-order chi connectivity index (χ1) is 6.66. The summed E-state index contributed by atoms with van der Waals surface area (Å²) in [7, 11) is 0. The van der Waals surface area contributed by atoms with E-state index in [1.54, 1.807) is 11.3 Å². The molecule has 0 aliphatic carbocycles. The van der Waals surface area contributed by atoms with Crippen molar-refractivity contribution < 1.29 is 4.74 Å². The number of ether oxygens (including phenoxy) is 1. The molecule has 76 valence electrons. The standard InChI is InChI=1S/C8H9ClN2OS2/c1-4(2)12-8-10-6-5(9)3-13-7(6)14-11-8/h3-4H,1-2H3,(H,10,11). The largest absolute Gasteiger partial charge is 0.462 e. The van der Waals surface area contributed by atoms with Crippen LogP contribution in [0.15, 0.2) is 14.6 Å². The minimum atomic E-state index is 0.112. The topological polar surface area (TPSA) is 33.6 Å². The van der Waals surface area contributed by atoms with Gasteiger partial charge < -0.3 is 4.74 Å². The number of fused-ring (bicyclic) bond motifs is 1. The Hall–Kier alpha value is -0.390. The molecule has 0 amide bonds. The van der Waals surface area contributed by atoms with Crippen molar-refractivity contribution in [2.75, 3.05) is 0 Å². The summed E-state index contributed by atoms with van der Waals surface area (Å²) in [6.07, 6.45) is 0.112. The maximum atomic E-state index is 5.97. The molecule has 1 aromatic rings. The molecule has 0 aromatic carbocycles. The summed E-state index contributed by atoms with van der Waals surface area (Å²) in [5, 5.41) is 2.56. The minimum absolute atomic E-state index is 0.112. The minimum Gasteiger partial charge on any atom is -0.462 e. The van der Waals surface area contributed by atoms with Gasteiger partial charge in [-0.2, -0.15) is 4.99 Å². The van der Waals surface area contributed by atoms with Crippen molar-refractivity contribution in [1.29, 1.82) is 0 Å². The molecule has 0 saturated carbocycles. The highest BCUT2D eigenvalue weighted by Crippen LogP contribution is 2.42. The van der Waals surface area contributed by atoms with Crippen LogP contribution >= 0.6 is 34.9 Å². The SMILES string of the molecule is CC(C)OC1=Nc2c(Cl)csc2SN1. The number of aliphatic imine (C=N–C) groups is 1. The van der Waals surface area contributed by atoms with E-state index in [1.807, 2.05) is 19.2 Å². The smallest absolute Gasteiger partial charge is 0.300 e. The average molecular weight is 249 g/mol. The third-order valence-corrected chi connectivity index (χ3v) is 3.85. The van der Waals surface area contributed by atoms with Crippen molar-refractivity contribution >= 4 is 46.6 Å². The maximum Gasteiger partial charge on any atom is 0.300 e. The van der Waals surface area contributed by atoms with Crippen molar-refractivity contribution in [3.05, 3.63) is 10.4 Å². The van der Waals surface area contributed by atoms with Gasteiger partial charge >= 0.3 is 6.02 Å². The number of nitrogens with one attached hydrogen (secondary N) is 1. The van der Waals surface area contributed by atoms with Gasteiger partial charge in [0, 0.05) is 17.3 Å². The highest BCUT2D eigenvalue weighted by atomic mass is 35.5. The number of halogens is 1. The van der Waals surface area contributed by atoms with Crippen LogP contribution in [0.1, 0.15) is 13.8 Å². The van der Waals surface area contributed by atoms with Gasteiger partial charge in [-0.05, 0) is 13.8 Å². The molecule has 0 fully saturated rings. The van der Waals surface area contributed by atoms with Crippen LogP contribution in [-0.4, -0.2) is 12.1 Å². The third-order valence-electron chi connectivity index (χ3n) is 1.48. The first-order valence-corrected chi connectivity index (χ1v) is 6.19. The molecule has 0 radical (unpaired) electrons. The molecule has 0 spiro atoms. The van der Waals surface area contributed by atoms with E-state index in [4.69, 9.17) is 16.3 Å². The Morgan fingerprint density at radius 3 is 3.07 bits per heavy atom. The van der Waals surface area contributed by atoms with Crippen LogP contribution in [-0.2, 0) is 4.74 Å². The molecule has 1 N–H and O–H groups in total. The molecule has 2 heterocycles. The van der Waals surface area contributed by atoms with Gasteiger partial charge in [0.25, 0.3) is 0 Å². The van der Waals surface area contributed by atoms with E-state index in [-0.39, 0.29) is 6.10 Å². The summed E-state index contributed by atoms with van der Waals surface area (Å²) in [5.74, 6) is 0. The Morgan fingerprint density at radius 1 is 1.57 bits per heavy atom. The third kappa shape index (κ3) is 1.99. The summed E-state index contributed by atoms with van der Waals surface area (Å²) in [4.78, 5) is 4.29. The lowest BCUT2D eigenvalue weighted by Crippen LogP contribution is -2.24. The van der Waals surface area contributed by atoms with Gasteiger partial charge in [-0.3, -0.25) is 4.72 Å². The Bertz CT molecular complexity index is 375. The Labute approximate surface area is 95.6 Å². The molecule has 0 unspecified atom stereocenters. The summed E-state index contributed by atoms with van der Waals surface area (Å²) in [6, 6.07) is 0.526. The van der Waals surface area contributed by atoms with Gasteiger partial charge in [-0.15, -0.1) is 11.3 Å². The van der Waals surface area contributed by atoms with Crippen LogP contribution in [0, 0.1) is 0 Å². The predicted molar refractivity (Wildman–Crippen MR) is 61.6 cm³/mol. The summed E-state index contributed by atoms with van der Waals surface area (Å²) in [6.45, 7) is 3.92. The number of hydrogen-bond acceptors (Lipinski definition) is 5. The highest BCUT2D eigenvalue weighted by Gasteiger charge is 2.18. The quantitative estimate of drug-likeness (QED) is 0.774. The van der Waals surface area contributed by atoms with E-state index in [2.05, 4.69) is 9.71 Å². The molecule has 0 atom stereocenters. The Balaban J connectivity index is 2.25. The fraction of sp³-hybridized carbons (Fsp3) is 0.375. The molecule has 14 heavy (non-hydrogen) atoms. The average Bonchev–Trinajstić information content (AvgIpc) is 2.47. The number of amidine groups is 1. The first-order valence-electron chi connectivity index (χ1n) is 4.12. The molecule has 2 rings (SSSR count). The Kier molecular flexibility index (Phi) is 2.90. The lowest BCUT2D eigenvalue weighted by atomic mass is 10.5. The lowest BCUT2D eigenvalue weighted by Gasteiger charge is -2.16. The fourth-order valence-electron chi connectivity index (χ4n) is 0.974. The van der Waals surface area contributed by atoms with Gasteiger partial charge in [0.2, 0.25) is 0 Å². The molecule has 0 saturated heterocycles. The molecule has 1 aliphatic rings. The van der Waals surface area contributed by atoms with E-state index in [9.17, 15) is 0 Å². The monoisotopic (exact) mass is 248 g/mol. The van der Waals surface area contributed by atoms with Gasteiger partial charge in [-0.1, -0.05) is 11.6 Å². The number of rotatable bonds is 1. The van der Waals surface area contributed by atoms with Gasteiger partial charge in [0.1, 0.15) is 9.90 Å². The van der Waals surface area contributed by atoms with Gasteiger partial charge in [-0.25, -0.2) is 0 Å². The van der Waals surface area contributed by atoms with Crippen molar-refractivity contribution in [2.24, 2.45) is 4.99 Å². The molecule has 1 aromatic heterocycles. The molecular formula is C8H9ClN2OS2. The van der Waals surface area contributed by atoms with Crippen molar-refractivity contribution in [2.45, 2.75) is 24.2 Å². The zero-order chi connectivity index (χ0) is 10.1. The van der Waals surface area contributed by atoms with Crippen LogP contribution in [0.2, 0.25) is 5.02 Å². The predicted octanol–water partition coefficient (Wildman–Crippen LogP) is 3.42. The Morgan fingerprint density at radius 2 is 2.36 bits per heavy atom. The van der Waals surface area contributed by atoms with Crippen LogP contribution in [0.4, 0.5) is 5.69 Å². The molecule has 3 nitrogen and oxygen atoms in total. The number of hydrogen-bond donors (Lipinski definition) is 1. The van der Waals surface area contributed by atoms with Crippen molar-refractivity contribution in [3.63, 3.8) is 0 Å². The summed E-state index contributed by atoms with van der Waals surface area (Å²) in [5.41, 5.74) is 0.816. The normalized spacial score (nSPS) is 14.7. The van der Waals surface area contributed by atoms with E-state index in [0.29, 0.717) is 11.0 Å². The summed E-state index contributed by atoms with van der Waals surface area (Å²) >= 11 is 9.03. The van der Waals surface area contributed by atoms with Gasteiger partial charge in [0.15, 0.2) is 0 Å². The van der Waals surface area contributed by atoms with Crippen LogP contribution in [0.3, 0.4) is 0 Å². The molecule has 0 bridgehead atoms. The second kappa shape index (κ2) is 4.00. The van der Waals surface area contributed by atoms with Crippen LogP contribution < -0.4 is 4.72 Å². The lowest BCUT2D eigenvalue weighted by molar-refractivity contribution is 0.222. The van der Waals surface area contributed by atoms with E-state index >= 15 is 0 Å². The van der Waals surface area contributed by atoms with Crippen LogP contribution in [0.5, 0.6) is 0 Å². The molecular weight excluding hydrogens is 240 g/mol. The fourth-order valence-corrected chi connectivity index (χ4v) is 2.93.